The quantitative estimate of drug-likeness (QED) is 0.303. The molecule has 3 aromatic carbocycles. The van der Waals surface area contributed by atoms with Crippen molar-refractivity contribution in [2.24, 2.45) is 0 Å². The molecular formula is C27H25ClN2O2. The van der Waals surface area contributed by atoms with Crippen molar-refractivity contribution < 1.29 is 9.90 Å². The molecule has 5 heteroatoms. The highest BCUT2D eigenvalue weighted by molar-refractivity contribution is 6.31. The van der Waals surface area contributed by atoms with Crippen LogP contribution < -0.4 is 0 Å². The third-order valence-electron chi connectivity index (χ3n) is 6.02. The molecular weight excluding hydrogens is 420 g/mol. The van der Waals surface area contributed by atoms with E-state index in [1.807, 2.05) is 30.5 Å². The maximum absolute atomic E-state index is 10.9. The number of halogens is 1. The number of carboxylic acid groups (broad SMARTS) is 1. The summed E-state index contributed by atoms with van der Waals surface area (Å²) >= 11 is 6.72. The van der Waals surface area contributed by atoms with Crippen LogP contribution in [0.1, 0.15) is 53.0 Å². The number of hydrogen-bond donors (Lipinski definition) is 2. The molecule has 0 saturated carbocycles. The van der Waals surface area contributed by atoms with E-state index in [1.165, 1.54) is 16.7 Å². The molecule has 2 N–H and O–H groups in total. The van der Waals surface area contributed by atoms with Crippen LogP contribution in [0.4, 0.5) is 0 Å². The molecule has 0 saturated heterocycles. The summed E-state index contributed by atoms with van der Waals surface area (Å²) < 4.78 is 0. The first kappa shape index (κ1) is 21.8. The summed E-state index contributed by atoms with van der Waals surface area (Å²) in [6.07, 6.45) is 5.52. The molecule has 0 aliphatic rings. The van der Waals surface area contributed by atoms with Crippen LogP contribution in [0.3, 0.4) is 0 Å². The van der Waals surface area contributed by atoms with E-state index in [9.17, 15) is 4.79 Å². The fourth-order valence-electron chi connectivity index (χ4n) is 4.51. The summed E-state index contributed by atoms with van der Waals surface area (Å²) in [4.78, 5) is 10.9. The van der Waals surface area contributed by atoms with E-state index in [2.05, 4.69) is 60.4 Å². The second-order valence-corrected chi connectivity index (χ2v) is 8.42. The van der Waals surface area contributed by atoms with Crippen LogP contribution in [0.2, 0.25) is 5.02 Å². The predicted molar refractivity (Wildman–Crippen MR) is 130 cm³/mol. The van der Waals surface area contributed by atoms with Crippen molar-refractivity contribution in [2.45, 2.75) is 32.1 Å². The molecule has 1 aromatic heterocycles. The molecule has 32 heavy (non-hydrogen) atoms. The fourth-order valence-corrected chi connectivity index (χ4v) is 4.88. The highest BCUT2D eigenvalue weighted by Gasteiger charge is 2.28. The zero-order chi connectivity index (χ0) is 22.7. The molecule has 0 spiro atoms. The second-order valence-electron chi connectivity index (χ2n) is 8.02. The number of benzene rings is 3. The lowest BCUT2D eigenvalue weighted by Crippen LogP contribution is -2.14. The second kappa shape index (κ2) is 9.41. The smallest absolute Gasteiger partial charge is 0.328 e. The molecule has 1 heterocycles. The van der Waals surface area contributed by atoms with E-state index < -0.39 is 5.97 Å². The SMILES string of the molecule is CCC(c1c(C)cccc1Cl)C(c1ccc(C=CC(=O)O)cc1)c1ccc2[nH]ncc2c1. The van der Waals surface area contributed by atoms with Gasteiger partial charge in [-0.1, -0.05) is 61.0 Å². The fraction of sp³-hybridized carbons (Fsp3) is 0.185. The topological polar surface area (TPSA) is 66.0 Å². The van der Waals surface area contributed by atoms with Crippen LogP contribution >= 0.6 is 11.6 Å². The van der Waals surface area contributed by atoms with Gasteiger partial charge in [0, 0.05) is 22.4 Å². The minimum Gasteiger partial charge on any atom is -0.478 e. The van der Waals surface area contributed by atoms with Crippen LogP contribution in [0.15, 0.2) is 72.9 Å². The number of rotatable bonds is 7. The van der Waals surface area contributed by atoms with E-state index in [0.717, 1.165) is 39.5 Å². The summed E-state index contributed by atoms with van der Waals surface area (Å²) in [5.41, 5.74) is 6.56. The molecule has 4 rings (SSSR count). The van der Waals surface area contributed by atoms with E-state index in [-0.39, 0.29) is 11.8 Å². The minimum atomic E-state index is -0.958. The summed E-state index contributed by atoms with van der Waals surface area (Å²) in [5, 5.41) is 18.0. The molecule has 0 aliphatic carbocycles. The highest BCUT2D eigenvalue weighted by atomic mass is 35.5. The van der Waals surface area contributed by atoms with Crippen molar-refractivity contribution >= 4 is 34.5 Å². The van der Waals surface area contributed by atoms with Crippen LogP contribution in [0.25, 0.3) is 17.0 Å². The molecule has 0 aliphatic heterocycles. The molecule has 0 fully saturated rings. The Balaban J connectivity index is 1.85. The normalized spacial score (nSPS) is 13.5. The van der Waals surface area contributed by atoms with Gasteiger partial charge in [-0.05, 0) is 71.4 Å². The number of hydrogen-bond acceptors (Lipinski definition) is 2. The van der Waals surface area contributed by atoms with Crippen molar-refractivity contribution in [3.05, 3.63) is 106 Å². The monoisotopic (exact) mass is 444 g/mol. The van der Waals surface area contributed by atoms with Gasteiger partial charge in [-0.2, -0.15) is 5.10 Å². The van der Waals surface area contributed by atoms with Gasteiger partial charge in [0.05, 0.1) is 11.7 Å². The first-order chi connectivity index (χ1) is 15.5. The zero-order valence-electron chi connectivity index (χ0n) is 18.0. The molecule has 0 bridgehead atoms. The molecule has 0 amide bonds. The molecule has 2 unspecified atom stereocenters. The number of nitrogens with one attached hydrogen (secondary N) is 1. The van der Waals surface area contributed by atoms with Gasteiger partial charge in [0.15, 0.2) is 0 Å². The number of aliphatic carboxylic acids is 1. The van der Waals surface area contributed by atoms with E-state index in [1.54, 1.807) is 6.08 Å². The molecule has 4 nitrogen and oxygen atoms in total. The first-order valence-corrected chi connectivity index (χ1v) is 11.0. The summed E-state index contributed by atoms with van der Waals surface area (Å²) in [6.45, 7) is 4.31. The largest absolute Gasteiger partial charge is 0.478 e. The van der Waals surface area contributed by atoms with Crippen molar-refractivity contribution in [2.75, 3.05) is 0 Å². The van der Waals surface area contributed by atoms with Gasteiger partial charge >= 0.3 is 5.97 Å². The molecule has 0 radical (unpaired) electrons. The Kier molecular flexibility index (Phi) is 6.42. The van der Waals surface area contributed by atoms with Gasteiger partial charge < -0.3 is 5.11 Å². The Morgan fingerprint density at radius 3 is 2.56 bits per heavy atom. The maximum Gasteiger partial charge on any atom is 0.328 e. The van der Waals surface area contributed by atoms with E-state index in [4.69, 9.17) is 16.7 Å². The van der Waals surface area contributed by atoms with Gasteiger partial charge in [0.25, 0.3) is 0 Å². The van der Waals surface area contributed by atoms with E-state index >= 15 is 0 Å². The lowest BCUT2D eigenvalue weighted by molar-refractivity contribution is -0.131. The standard InChI is InChI=1S/C27H25ClN2O2/c1-3-22(26-17(2)5-4-6-23(26)28)27(20-12-13-24-21(15-20)16-29-30-24)19-10-7-18(8-11-19)9-14-25(31)32/h4-16,22,27H,3H2,1-2H3,(H,29,30)(H,31,32). The number of carbonyl (C=O) groups is 1. The summed E-state index contributed by atoms with van der Waals surface area (Å²) in [5.74, 6) is -0.704. The van der Waals surface area contributed by atoms with Crippen LogP contribution in [-0.2, 0) is 4.79 Å². The van der Waals surface area contributed by atoms with Crippen molar-refractivity contribution in [3.63, 3.8) is 0 Å². The van der Waals surface area contributed by atoms with Crippen LogP contribution in [0, 0.1) is 6.92 Å². The van der Waals surface area contributed by atoms with Crippen LogP contribution in [0.5, 0.6) is 0 Å². The number of aromatic nitrogens is 2. The Morgan fingerprint density at radius 1 is 1.12 bits per heavy atom. The Morgan fingerprint density at radius 2 is 1.88 bits per heavy atom. The maximum atomic E-state index is 10.9. The Hall–Kier alpha value is -3.37. The summed E-state index contributed by atoms with van der Waals surface area (Å²) in [6, 6.07) is 20.6. The highest BCUT2D eigenvalue weighted by Crippen LogP contribution is 2.44. The third-order valence-corrected chi connectivity index (χ3v) is 6.35. The number of aromatic amines is 1. The number of aryl methyl sites for hydroxylation is 1. The molecule has 2 atom stereocenters. The van der Waals surface area contributed by atoms with Gasteiger partial charge in [0.2, 0.25) is 0 Å². The molecule has 162 valence electrons. The average Bonchev–Trinajstić information content (AvgIpc) is 3.25. The van der Waals surface area contributed by atoms with Crippen LogP contribution in [-0.4, -0.2) is 21.3 Å². The van der Waals surface area contributed by atoms with E-state index in [0.29, 0.717) is 0 Å². The lowest BCUT2D eigenvalue weighted by Gasteiger charge is -2.30. The van der Waals surface area contributed by atoms with Crippen molar-refractivity contribution in [1.29, 1.82) is 0 Å². The zero-order valence-corrected chi connectivity index (χ0v) is 18.8. The van der Waals surface area contributed by atoms with Gasteiger partial charge in [-0.25, -0.2) is 4.79 Å². The average molecular weight is 445 g/mol. The Bertz CT molecular complexity index is 1250. The lowest BCUT2D eigenvalue weighted by atomic mass is 9.74. The van der Waals surface area contributed by atoms with Gasteiger partial charge in [0.1, 0.15) is 0 Å². The van der Waals surface area contributed by atoms with Crippen molar-refractivity contribution in [3.8, 4) is 0 Å². The Labute approximate surface area is 192 Å². The number of nitrogens with zero attached hydrogens (tertiary/aromatic N) is 1. The third kappa shape index (κ3) is 4.46. The molecule has 4 aromatic rings. The van der Waals surface area contributed by atoms with Gasteiger partial charge in [-0.15, -0.1) is 0 Å². The number of carboxylic acids is 1. The van der Waals surface area contributed by atoms with Gasteiger partial charge in [-0.3, -0.25) is 5.10 Å². The number of fused-ring (bicyclic) bond motifs is 1. The summed E-state index contributed by atoms with van der Waals surface area (Å²) in [7, 11) is 0. The minimum absolute atomic E-state index is 0.0791. The first-order valence-electron chi connectivity index (χ1n) is 10.7. The van der Waals surface area contributed by atoms with Crippen molar-refractivity contribution in [1.82, 2.24) is 10.2 Å². The number of H-pyrrole nitrogens is 1. The predicted octanol–water partition coefficient (Wildman–Crippen LogP) is 6.95.